The molecule has 1 aliphatic rings. The molecule has 1 aromatic carbocycles. The average Bonchev–Trinajstić information content (AvgIpc) is 2.89. The first kappa shape index (κ1) is 15.9. The minimum atomic E-state index is -1.39. The Hall–Kier alpha value is -1.50. The van der Waals surface area contributed by atoms with E-state index in [0.29, 0.717) is 10.0 Å². The van der Waals surface area contributed by atoms with Crippen molar-refractivity contribution in [2.45, 2.75) is 12.0 Å². The van der Waals surface area contributed by atoms with Gasteiger partial charge in [-0.05, 0) is 12.1 Å². The number of rotatable bonds is 5. The zero-order chi connectivity index (χ0) is 15.5. The van der Waals surface area contributed by atoms with Crippen molar-refractivity contribution in [3.63, 3.8) is 0 Å². The first-order chi connectivity index (χ1) is 9.93. The van der Waals surface area contributed by atoms with Gasteiger partial charge in [-0.25, -0.2) is 4.79 Å². The molecular weight excluding hydrogens is 321 g/mol. The summed E-state index contributed by atoms with van der Waals surface area (Å²) in [6.07, 6.45) is 0.214. The monoisotopic (exact) mass is 333 g/mol. The molecule has 1 saturated heterocycles. The molecule has 6 nitrogen and oxygen atoms in total. The molecule has 0 saturated carbocycles. The van der Waals surface area contributed by atoms with Crippen molar-refractivity contribution in [1.82, 2.24) is 5.32 Å². The van der Waals surface area contributed by atoms with E-state index in [4.69, 9.17) is 32.7 Å². The number of carbonyl (C=O) groups excluding carboxylic acids is 1. The van der Waals surface area contributed by atoms with E-state index in [1.807, 2.05) is 0 Å². The molecule has 8 heteroatoms. The van der Waals surface area contributed by atoms with E-state index in [-0.39, 0.29) is 32.0 Å². The van der Waals surface area contributed by atoms with Crippen molar-refractivity contribution in [2.24, 2.45) is 0 Å². The lowest BCUT2D eigenvalue weighted by molar-refractivity contribution is -0.148. The Morgan fingerprint density at radius 1 is 1.43 bits per heavy atom. The molecule has 2 rings (SSSR count). The third-order valence-corrected chi connectivity index (χ3v) is 3.61. The fraction of sp³-hybridized carbons (Fsp3) is 0.385. The molecule has 0 aliphatic carbocycles. The van der Waals surface area contributed by atoms with E-state index >= 15 is 0 Å². The second-order valence-corrected chi connectivity index (χ2v) is 5.45. The highest BCUT2D eigenvalue weighted by atomic mass is 35.5. The third kappa shape index (κ3) is 3.78. The van der Waals surface area contributed by atoms with Gasteiger partial charge in [0.2, 0.25) is 0 Å². The molecule has 1 atom stereocenters. The SMILES string of the molecule is O=C(COc1cc(Cl)ccc1Cl)NC1(C(=O)O)CCOC1. The molecule has 0 radical (unpaired) electrons. The molecule has 0 bridgehead atoms. The molecule has 1 amide bonds. The Balaban J connectivity index is 1.96. The van der Waals surface area contributed by atoms with Gasteiger partial charge in [0.1, 0.15) is 5.75 Å². The van der Waals surface area contributed by atoms with Crippen molar-refractivity contribution in [1.29, 1.82) is 0 Å². The smallest absolute Gasteiger partial charge is 0.331 e. The van der Waals surface area contributed by atoms with Gasteiger partial charge in [-0.3, -0.25) is 4.79 Å². The van der Waals surface area contributed by atoms with Gasteiger partial charge in [0.15, 0.2) is 12.1 Å². The lowest BCUT2D eigenvalue weighted by Crippen LogP contribution is -2.56. The largest absolute Gasteiger partial charge is 0.482 e. The van der Waals surface area contributed by atoms with E-state index in [9.17, 15) is 14.7 Å². The lowest BCUT2D eigenvalue weighted by atomic mass is 9.99. The minimum Gasteiger partial charge on any atom is -0.482 e. The number of benzene rings is 1. The average molecular weight is 334 g/mol. The normalized spacial score (nSPS) is 21.0. The molecule has 1 fully saturated rings. The first-order valence-corrected chi connectivity index (χ1v) is 6.88. The van der Waals surface area contributed by atoms with Crippen LogP contribution in [0.1, 0.15) is 6.42 Å². The van der Waals surface area contributed by atoms with Crippen LogP contribution in [-0.2, 0) is 14.3 Å². The van der Waals surface area contributed by atoms with Gasteiger partial charge in [-0.1, -0.05) is 23.2 Å². The molecule has 114 valence electrons. The second kappa shape index (κ2) is 6.51. The Morgan fingerprint density at radius 2 is 2.19 bits per heavy atom. The molecule has 0 aromatic heterocycles. The maximum atomic E-state index is 11.8. The van der Waals surface area contributed by atoms with Gasteiger partial charge < -0.3 is 19.9 Å². The first-order valence-electron chi connectivity index (χ1n) is 6.13. The van der Waals surface area contributed by atoms with Gasteiger partial charge >= 0.3 is 5.97 Å². The van der Waals surface area contributed by atoms with Gasteiger partial charge in [0, 0.05) is 24.1 Å². The van der Waals surface area contributed by atoms with Crippen LogP contribution in [0.25, 0.3) is 0 Å². The van der Waals surface area contributed by atoms with Crippen molar-refractivity contribution < 1.29 is 24.2 Å². The quantitative estimate of drug-likeness (QED) is 0.857. The van der Waals surface area contributed by atoms with Crippen molar-refractivity contribution in [3.8, 4) is 5.75 Å². The lowest BCUT2D eigenvalue weighted by Gasteiger charge is -2.23. The van der Waals surface area contributed by atoms with Crippen LogP contribution in [-0.4, -0.2) is 42.3 Å². The number of amides is 1. The van der Waals surface area contributed by atoms with E-state index in [1.54, 1.807) is 12.1 Å². The number of nitrogens with one attached hydrogen (secondary N) is 1. The maximum Gasteiger partial charge on any atom is 0.331 e. The molecule has 1 aliphatic heterocycles. The van der Waals surface area contributed by atoms with Crippen LogP contribution in [0.5, 0.6) is 5.75 Å². The maximum absolute atomic E-state index is 11.8. The Labute approximate surface area is 130 Å². The zero-order valence-corrected chi connectivity index (χ0v) is 12.4. The van der Waals surface area contributed by atoms with E-state index in [0.717, 1.165) is 0 Å². The fourth-order valence-electron chi connectivity index (χ4n) is 1.92. The third-order valence-electron chi connectivity index (χ3n) is 3.06. The fourth-order valence-corrected chi connectivity index (χ4v) is 2.25. The van der Waals surface area contributed by atoms with Gasteiger partial charge in [0.25, 0.3) is 5.91 Å². The van der Waals surface area contributed by atoms with Gasteiger partial charge in [-0.15, -0.1) is 0 Å². The van der Waals surface area contributed by atoms with Crippen LogP contribution in [0.4, 0.5) is 0 Å². The van der Waals surface area contributed by atoms with Crippen LogP contribution < -0.4 is 10.1 Å². The molecule has 2 N–H and O–H groups in total. The predicted octanol–water partition coefficient (Wildman–Crippen LogP) is 1.73. The van der Waals surface area contributed by atoms with E-state index < -0.39 is 17.4 Å². The van der Waals surface area contributed by atoms with Crippen molar-refractivity contribution in [2.75, 3.05) is 19.8 Å². The standard InChI is InChI=1S/C13H13Cl2NO5/c14-8-1-2-9(15)10(5-8)21-6-11(17)16-13(12(18)19)3-4-20-7-13/h1-2,5H,3-4,6-7H2,(H,16,17)(H,18,19). The van der Waals surface area contributed by atoms with Crippen LogP contribution >= 0.6 is 23.2 Å². The Bertz CT molecular complexity index is 557. The highest BCUT2D eigenvalue weighted by Gasteiger charge is 2.43. The topological polar surface area (TPSA) is 84.9 Å². The van der Waals surface area contributed by atoms with Crippen LogP contribution in [0.2, 0.25) is 10.0 Å². The van der Waals surface area contributed by atoms with Crippen LogP contribution in [0.15, 0.2) is 18.2 Å². The number of carboxylic acid groups (broad SMARTS) is 1. The second-order valence-electron chi connectivity index (χ2n) is 4.60. The number of ether oxygens (including phenoxy) is 2. The molecular formula is C13H13Cl2NO5. The molecule has 0 spiro atoms. The summed E-state index contributed by atoms with van der Waals surface area (Å²) in [4.78, 5) is 23.1. The predicted molar refractivity (Wildman–Crippen MR) is 75.9 cm³/mol. The van der Waals surface area contributed by atoms with Crippen LogP contribution in [0.3, 0.4) is 0 Å². The Morgan fingerprint density at radius 3 is 2.81 bits per heavy atom. The Kier molecular flexibility index (Phi) is 4.92. The summed E-state index contributed by atoms with van der Waals surface area (Å²) < 4.78 is 10.3. The summed E-state index contributed by atoms with van der Waals surface area (Å²) in [6.45, 7) is -0.144. The van der Waals surface area contributed by atoms with E-state index in [2.05, 4.69) is 5.32 Å². The molecule has 1 aromatic rings. The summed E-state index contributed by atoms with van der Waals surface area (Å²) in [5.74, 6) is -1.44. The number of carbonyl (C=O) groups is 2. The van der Waals surface area contributed by atoms with Crippen molar-refractivity contribution in [3.05, 3.63) is 28.2 Å². The number of hydrogen-bond acceptors (Lipinski definition) is 4. The van der Waals surface area contributed by atoms with Crippen molar-refractivity contribution >= 4 is 35.1 Å². The molecule has 1 heterocycles. The molecule has 21 heavy (non-hydrogen) atoms. The van der Waals surface area contributed by atoms with Crippen LogP contribution in [0, 0.1) is 0 Å². The summed E-state index contributed by atoms with van der Waals surface area (Å²) in [6, 6.07) is 4.61. The highest BCUT2D eigenvalue weighted by molar-refractivity contribution is 6.34. The van der Waals surface area contributed by atoms with E-state index in [1.165, 1.54) is 6.07 Å². The summed E-state index contributed by atoms with van der Waals surface area (Å²) in [5, 5.41) is 12.4. The summed E-state index contributed by atoms with van der Waals surface area (Å²) in [5.41, 5.74) is -1.39. The number of aliphatic carboxylic acids is 1. The molecule has 1 unspecified atom stereocenters. The van der Waals surface area contributed by atoms with Gasteiger partial charge in [-0.2, -0.15) is 0 Å². The number of halogens is 2. The minimum absolute atomic E-state index is 0.0635. The zero-order valence-electron chi connectivity index (χ0n) is 10.9. The summed E-state index contributed by atoms with van der Waals surface area (Å²) in [7, 11) is 0. The number of hydrogen-bond donors (Lipinski definition) is 2. The summed E-state index contributed by atoms with van der Waals surface area (Å²) >= 11 is 11.7. The highest BCUT2D eigenvalue weighted by Crippen LogP contribution is 2.27. The van der Waals surface area contributed by atoms with Gasteiger partial charge in [0.05, 0.1) is 11.6 Å². The number of carboxylic acids is 1.